The largest absolute Gasteiger partial charge is 0.496 e. The summed E-state index contributed by atoms with van der Waals surface area (Å²) in [7, 11) is -6.43. The van der Waals surface area contributed by atoms with Gasteiger partial charge in [-0.1, -0.05) is 12.1 Å². The number of primary sulfonamides is 2. The van der Waals surface area contributed by atoms with Crippen LogP contribution in [-0.4, -0.2) is 29.9 Å². The van der Waals surface area contributed by atoms with E-state index in [0.717, 1.165) is 6.07 Å². The summed E-state index contributed by atoms with van der Waals surface area (Å²) in [5.74, 6) is -0.401. The zero-order valence-electron chi connectivity index (χ0n) is 13.7. The lowest BCUT2D eigenvalue weighted by atomic mass is 10.1. The van der Waals surface area contributed by atoms with Crippen LogP contribution in [0.1, 0.15) is 15.9 Å². The number of hydrogen-bond donors (Lipinski definition) is 3. The number of carbonyl (C=O) groups is 1. The molecular weight excluding hydrogens is 382 g/mol. The average Bonchev–Trinajstić information content (AvgIpc) is 2.57. The van der Waals surface area contributed by atoms with Gasteiger partial charge in [-0.3, -0.25) is 4.79 Å². The Morgan fingerprint density at radius 3 is 2.00 bits per heavy atom. The minimum atomic E-state index is -3.97. The normalized spacial score (nSPS) is 11.8. The van der Waals surface area contributed by atoms with Crippen LogP contribution in [0.5, 0.6) is 5.75 Å². The van der Waals surface area contributed by atoms with Crippen molar-refractivity contribution in [3.8, 4) is 5.75 Å². The van der Waals surface area contributed by atoms with E-state index in [2.05, 4.69) is 5.32 Å². The number of benzene rings is 2. The van der Waals surface area contributed by atoms with Gasteiger partial charge in [-0.05, 0) is 35.9 Å². The first-order valence-electron chi connectivity index (χ1n) is 7.13. The molecule has 0 fully saturated rings. The molecule has 0 unspecified atom stereocenters. The van der Waals surface area contributed by atoms with Crippen molar-refractivity contribution in [2.75, 3.05) is 7.11 Å². The smallest absolute Gasteiger partial charge is 0.255 e. The van der Waals surface area contributed by atoms with Crippen molar-refractivity contribution in [3.63, 3.8) is 0 Å². The van der Waals surface area contributed by atoms with E-state index < -0.39 is 26.0 Å². The zero-order valence-corrected chi connectivity index (χ0v) is 15.3. The van der Waals surface area contributed by atoms with E-state index in [1.807, 2.05) is 0 Å². The number of amides is 1. The van der Waals surface area contributed by atoms with Crippen molar-refractivity contribution in [1.82, 2.24) is 5.32 Å². The third-order valence-electron chi connectivity index (χ3n) is 3.45. The maximum absolute atomic E-state index is 12.4. The fourth-order valence-corrected chi connectivity index (χ4v) is 3.17. The number of rotatable bonds is 6. The maximum atomic E-state index is 12.4. The second kappa shape index (κ2) is 7.41. The number of ether oxygens (including phenoxy) is 1. The fourth-order valence-electron chi connectivity index (χ4n) is 2.12. The number of methoxy groups -OCH3 is 1. The third-order valence-corrected chi connectivity index (χ3v) is 5.29. The van der Waals surface area contributed by atoms with Gasteiger partial charge in [0.25, 0.3) is 5.91 Å². The topological polar surface area (TPSA) is 159 Å². The van der Waals surface area contributed by atoms with E-state index in [0.29, 0.717) is 5.56 Å². The van der Waals surface area contributed by atoms with Crippen LogP contribution in [0.25, 0.3) is 0 Å². The van der Waals surface area contributed by atoms with Crippen LogP contribution < -0.4 is 20.3 Å². The van der Waals surface area contributed by atoms with Gasteiger partial charge in [-0.25, -0.2) is 27.1 Å². The number of hydrogen-bond acceptors (Lipinski definition) is 6. The Hall–Kier alpha value is -2.47. The van der Waals surface area contributed by atoms with Crippen LogP contribution in [0, 0.1) is 0 Å². The number of nitrogens with one attached hydrogen (secondary N) is 1. The summed E-state index contributed by atoms with van der Waals surface area (Å²) >= 11 is 0. The minimum absolute atomic E-state index is 0.000168. The highest BCUT2D eigenvalue weighted by atomic mass is 32.2. The monoisotopic (exact) mass is 399 g/mol. The van der Waals surface area contributed by atoms with E-state index in [1.54, 1.807) is 0 Å². The van der Waals surface area contributed by atoms with Crippen molar-refractivity contribution < 1.29 is 26.4 Å². The summed E-state index contributed by atoms with van der Waals surface area (Å²) in [5, 5.41) is 12.7. The summed E-state index contributed by atoms with van der Waals surface area (Å²) in [6.07, 6.45) is 0. The molecule has 0 heterocycles. The van der Waals surface area contributed by atoms with Gasteiger partial charge in [-0.2, -0.15) is 0 Å². The van der Waals surface area contributed by atoms with Gasteiger partial charge in [0.05, 0.1) is 22.5 Å². The Bertz CT molecular complexity index is 1030. The highest BCUT2D eigenvalue weighted by molar-refractivity contribution is 7.89. The van der Waals surface area contributed by atoms with E-state index in [-0.39, 0.29) is 27.6 Å². The minimum Gasteiger partial charge on any atom is -0.496 e. The van der Waals surface area contributed by atoms with Gasteiger partial charge in [0, 0.05) is 6.54 Å². The van der Waals surface area contributed by atoms with Crippen LogP contribution in [0.2, 0.25) is 0 Å². The van der Waals surface area contributed by atoms with E-state index in [4.69, 9.17) is 15.0 Å². The van der Waals surface area contributed by atoms with Gasteiger partial charge in [0.1, 0.15) is 5.75 Å². The molecule has 2 rings (SSSR count). The second-order valence-corrected chi connectivity index (χ2v) is 8.40. The van der Waals surface area contributed by atoms with Crippen molar-refractivity contribution in [2.24, 2.45) is 10.3 Å². The predicted molar refractivity (Wildman–Crippen MR) is 93.4 cm³/mol. The molecule has 9 nitrogen and oxygen atoms in total. The van der Waals surface area contributed by atoms with Crippen molar-refractivity contribution >= 4 is 26.0 Å². The molecule has 140 valence electrons. The van der Waals surface area contributed by atoms with Crippen LogP contribution in [0.3, 0.4) is 0 Å². The summed E-state index contributed by atoms with van der Waals surface area (Å²) in [6.45, 7) is 0.0759. The Balaban J connectivity index is 2.20. The molecule has 0 aliphatic rings. The quantitative estimate of drug-likeness (QED) is 0.616. The molecule has 0 radical (unpaired) electrons. The summed E-state index contributed by atoms with van der Waals surface area (Å²) in [5.41, 5.74) is 0.618. The third kappa shape index (κ3) is 4.79. The SMILES string of the molecule is COc1ccc(S(N)(=O)=O)cc1C(=O)NCc1ccc(S(N)(=O)=O)cc1. The maximum Gasteiger partial charge on any atom is 0.255 e. The van der Waals surface area contributed by atoms with Crippen LogP contribution in [0.15, 0.2) is 52.3 Å². The standard InChI is InChI=1S/C15H17N3O6S2/c1-24-14-7-6-12(26(17,22)23)8-13(14)15(19)18-9-10-2-4-11(5-3-10)25(16,20)21/h2-8H,9H2,1H3,(H,18,19)(H2,16,20,21)(H2,17,22,23). The Morgan fingerprint density at radius 1 is 0.962 bits per heavy atom. The van der Waals surface area contributed by atoms with Gasteiger partial charge in [0.15, 0.2) is 0 Å². The van der Waals surface area contributed by atoms with Gasteiger partial charge >= 0.3 is 0 Å². The Morgan fingerprint density at radius 2 is 1.50 bits per heavy atom. The van der Waals surface area contributed by atoms with Gasteiger partial charge in [-0.15, -0.1) is 0 Å². The molecule has 0 saturated carbocycles. The van der Waals surface area contributed by atoms with Crippen LogP contribution in [0.4, 0.5) is 0 Å². The molecule has 0 aromatic heterocycles. The molecule has 0 bridgehead atoms. The van der Waals surface area contributed by atoms with Crippen LogP contribution in [-0.2, 0) is 26.6 Å². The molecule has 0 spiro atoms. The molecule has 1 amide bonds. The lowest BCUT2D eigenvalue weighted by Gasteiger charge is -2.11. The first-order chi connectivity index (χ1) is 12.0. The number of carbonyl (C=O) groups excluding carboxylic acids is 1. The number of sulfonamides is 2. The molecular formula is C15H17N3O6S2. The lowest BCUT2D eigenvalue weighted by molar-refractivity contribution is 0.0947. The van der Waals surface area contributed by atoms with Crippen molar-refractivity contribution in [1.29, 1.82) is 0 Å². The molecule has 0 aliphatic heterocycles. The van der Waals surface area contributed by atoms with Gasteiger partial charge in [0.2, 0.25) is 20.0 Å². The first kappa shape index (κ1) is 19.8. The number of nitrogens with two attached hydrogens (primary N) is 2. The van der Waals surface area contributed by atoms with E-state index in [9.17, 15) is 21.6 Å². The molecule has 2 aromatic rings. The highest BCUT2D eigenvalue weighted by Crippen LogP contribution is 2.22. The van der Waals surface area contributed by atoms with E-state index >= 15 is 0 Å². The van der Waals surface area contributed by atoms with Crippen molar-refractivity contribution in [2.45, 2.75) is 16.3 Å². The zero-order chi connectivity index (χ0) is 19.5. The van der Waals surface area contributed by atoms with Gasteiger partial charge < -0.3 is 10.1 Å². The highest BCUT2D eigenvalue weighted by Gasteiger charge is 2.17. The first-order valence-corrected chi connectivity index (χ1v) is 10.2. The molecule has 26 heavy (non-hydrogen) atoms. The molecule has 0 aliphatic carbocycles. The van der Waals surface area contributed by atoms with Crippen molar-refractivity contribution in [3.05, 3.63) is 53.6 Å². The molecule has 0 saturated heterocycles. The van der Waals surface area contributed by atoms with E-state index in [1.165, 1.54) is 43.5 Å². The van der Waals surface area contributed by atoms with Crippen LogP contribution >= 0.6 is 0 Å². The summed E-state index contributed by atoms with van der Waals surface area (Å²) in [4.78, 5) is 12.1. The Kier molecular flexibility index (Phi) is 5.66. The molecule has 0 atom stereocenters. The summed E-state index contributed by atoms with van der Waals surface area (Å²) < 4.78 is 50.4. The predicted octanol–water partition coefficient (Wildman–Crippen LogP) is -0.0800. The second-order valence-electron chi connectivity index (χ2n) is 5.28. The fraction of sp³-hybridized carbons (Fsp3) is 0.133. The molecule has 11 heteroatoms. The lowest BCUT2D eigenvalue weighted by Crippen LogP contribution is -2.24. The Labute approximate surface area is 151 Å². The molecule has 5 N–H and O–H groups in total. The average molecular weight is 399 g/mol. The molecule has 2 aromatic carbocycles. The summed E-state index contributed by atoms with van der Waals surface area (Å²) in [6, 6.07) is 9.31.